The molecule has 9 amide bonds. The lowest BCUT2D eigenvalue weighted by molar-refractivity contribution is -0.143. The van der Waals surface area contributed by atoms with Crippen molar-refractivity contribution in [1.29, 1.82) is 0 Å². The van der Waals surface area contributed by atoms with E-state index in [1.54, 1.807) is 27.7 Å². The molecule has 322 valence electrons. The van der Waals surface area contributed by atoms with Crippen LogP contribution in [0.25, 0.3) is 0 Å². The van der Waals surface area contributed by atoms with Crippen LogP contribution in [-0.2, 0) is 52.7 Å². The summed E-state index contributed by atoms with van der Waals surface area (Å²) < 4.78 is 0. The summed E-state index contributed by atoms with van der Waals surface area (Å²) in [5.41, 5.74) is 15.7. The Balaban J connectivity index is 5.81. The van der Waals surface area contributed by atoms with E-state index in [9.17, 15) is 63.0 Å². The molecule has 24 heteroatoms. The van der Waals surface area contributed by atoms with Crippen LogP contribution in [0.3, 0.4) is 0 Å². The lowest BCUT2D eigenvalue weighted by Crippen LogP contribution is -2.59. The molecule has 16 N–H and O–H groups in total. The Morgan fingerprint density at radius 3 is 1.44 bits per heavy atom. The van der Waals surface area contributed by atoms with E-state index in [1.807, 2.05) is 0 Å². The summed E-state index contributed by atoms with van der Waals surface area (Å²) in [4.78, 5) is 135. The lowest BCUT2D eigenvalue weighted by Gasteiger charge is -2.26. The second-order valence-corrected chi connectivity index (χ2v) is 13.9. The molecule has 0 saturated carbocycles. The van der Waals surface area contributed by atoms with Crippen molar-refractivity contribution in [2.24, 2.45) is 29.0 Å². The van der Waals surface area contributed by atoms with E-state index in [-0.39, 0.29) is 18.8 Å². The van der Waals surface area contributed by atoms with Crippen LogP contribution in [0.1, 0.15) is 73.1 Å². The smallest absolute Gasteiger partial charge is 0.326 e. The first kappa shape index (κ1) is 51.1. The standard InChI is InChI=1S/C33H56N10O14/c1-14(2)10-20(31(54)42-26(15(3)4)33(56)57)41-29(52)18(6-8-21(35)45)39-24(48)13-38-32(55)27(16(5)44)43-30(53)19(7-9-25(49)50)40-23(47)12-37-28(51)17(34)11-22(36)46/h14-20,26-27,44H,6-13,34H2,1-5H3,(H2,35,45)(H2,36,46)(H,37,51)(H,38,55)(H,39,48)(H,40,47)(H,41,52)(H,42,54)(H,43,53)(H,49,50)(H,56,57)/t16-,17+,18+,19+,20+,26+,27+/m1/s1. The largest absolute Gasteiger partial charge is 0.481 e. The van der Waals surface area contributed by atoms with E-state index < -0.39 is 152 Å². The van der Waals surface area contributed by atoms with E-state index in [4.69, 9.17) is 22.3 Å². The van der Waals surface area contributed by atoms with Gasteiger partial charge in [-0.05, 0) is 38.0 Å². The minimum absolute atomic E-state index is 0.0610. The lowest BCUT2D eigenvalue weighted by atomic mass is 10.00. The van der Waals surface area contributed by atoms with Crippen LogP contribution in [0.2, 0.25) is 0 Å². The van der Waals surface area contributed by atoms with Crippen molar-refractivity contribution in [2.75, 3.05) is 13.1 Å². The van der Waals surface area contributed by atoms with Gasteiger partial charge in [-0.3, -0.25) is 47.9 Å². The molecule has 0 aliphatic carbocycles. The van der Waals surface area contributed by atoms with E-state index >= 15 is 0 Å². The topological polar surface area (TPSA) is 411 Å². The summed E-state index contributed by atoms with van der Waals surface area (Å²) in [6.45, 7) is 6.09. The highest BCUT2D eigenvalue weighted by atomic mass is 16.4. The molecule has 0 radical (unpaired) electrons. The number of aliphatic hydroxyl groups is 1. The third-order valence-electron chi connectivity index (χ3n) is 7.87. The van der Waals surface area contributed by atoms with Crippen LogP contribution in [0.15, 0.2) is 0 Å². The maximum Gasteiger partial charge on any atom is 0.326 e. The van der Waals surface area contributed by atoms with Crippen molar-refractivity contribution in [1.82, 2.24) is 37.2 Å². The first-order valence-corrected chi connectivity index (χ1v) is 17.9. The second kappa shape index (κ2) is 25.3. The van der Waals surface area contributed by atoms with Crippen molar-refractivity contribution in [3.05, 3.63) is 0 Å². The van der Waals surface area contributed by atoms with Crippen molar-refractivity contribution >= 4 is 65.1 Å². The second-order valence-electron chi connectivity index (χ2n) is 13.9. The predicted molar refractivity (Wildman–Crippen MR) is 196 cm³/mol. The minimum atomic E-state index is -1.79. The molecule has 0 fully saturated rings. The van der Waals surface area contributed by atoms with Gasteiger partial charge in [0.25, 0.3) is 0 Å². The Bertz CT molecular complexity index is 1490. The molecular formula is C33H56N10O14. The first-order valence-electron chi connectivity index (χ1n) is 17.9. The highest BCUT2D eigenvalue weighted by Gasteiger charge is 2.33. The number of hydrogen-bond acceptors (Lipinski definition) is 13. The van der Waals surface area contributed by atoms with Crippen LogP contribution in [-0.4, -0.2) is 136 Å². The van der Waals surface area contributed by atoms with Gasteiger partial charge in [-0.1, -0.05) is 27.7 Å². The maximum atomic E-state index is 13.3. The number of carboxylic acid groups (broad SMARTS) is 2. The summed E-state index contributed by atoms with van der Waals surface area (Å²) >= 11 is 0. The Hall–Kier alpha value is -5.91. The molecule has 0 heterocycles. The molecule has 7 atom stereocenters. The van der Waals surface area contributed by atoms with Gasteiger partial charge in [0.15, 0.2) is 0 Å². The molecular weight excluding hydrogens is 760 g/mol. The van der Waals surface area contributed by atoms with Gasteiger partial charge in [0, 0.05) is 12.8 Å². The number of nitrogens with two attached hydrogens (primary N) is 3. The molecule has 0 aromatic rings. The molecule has 0 spiro atoms. The van der Waals surface area contributed by atoms with E-state index in [0.29, 0.717) is 0 Å². The van der Waals surface area contributed by atoms with Gasteiger partial charge in [-0.15, -0.1) is 0 Å². The number of aliphatic carboxylic acids is 2. The summed E-state index contributed by atoms with van der Waals surface area (Å²) in [6.07, 6.45) is -3.99. The molecule has 0 unspecified atom stereocenters. The van der Waals surface area contributed by atoms with Crippen LogP contribution in [0.5, 0.6) is 0 Å². The molecule has 0 saturated heterocycles. The zero-order valence-electron chi connectivity index (χ0n) is 32.4. The van der Waals surface area contributed by atoms with Crippen molar-refractivity contribution in [3.8, 4) is 0 Å². The number of nitrogens with one attached hydrogen (secondary N) is 7. The van der Waals surface area contributed by atoms with Crippen molar-refractivity contribution < 1.29 is 68.1 Å². The first-order chi connectivity index (χ1) is 26.3. The van der Waals surface area contributed by atoms with Gasteiger partial charge >= 0.3 is 11.9 Å². The quantitative estimate of drug-likeness (QED) is 0.0367. The van der Waals surface area contributed by atoms with Crippen LogP contribution in [0, 0.1) is 11.8 Å². The Kier molecular flexibility index (Phi) is 22.7. The number of carboxylic acids is 2. The van der Waals surface area contributed by atoms with E-state index in [2.05, 4.69) is 37.2 Å². The molecule has 24 nitrogen and oxygen atoms in total. The molecule has 57 heavy (non-hydrogen) atoms. The van der Waals surface area contributed by atoms with Crippen LogP contribution < -0.4 is 54.4 Å². The van der Waals surface area contributed by atoms with Gasteiger partial charge in [0.2, 0.25) is 53.2 Å². The highest BCUT2D eigenvalue weighted by Crippen LogP contribution is 2.10. The number of rotatable bonds is 27. The zero-order chi connectivity index (χ0) is 44.2. The summed E-state index contributed by atoms with van der Waals surface area (Å²) in [6, 6.07) is -8.80. The average Bonchev–Trinajstić information content (AvgIpc) is 3.09. The number of carbonyl (C=O) groups excluding carboxylic acids is 9. The van der Waals surface area contributed by atoms with E-state index in [1.165, 1.54) is 0 Å². The fourth-order valence-electron chi connectivity index (χ4n) is 4.87. The molecule has 0 rings (SSSR count). The van der Waals surface area contributed by atoms with Crippen LogP contribution in [0.4, 0.5) is 0 Å². The zero-order valence-corrected chi connectivity index (χ0v) is 32.4. The Morgan fingerprint density at radius 2 is 1.02 bits per heavy atom. The fraction of sp³-hybridized carbons (Fsp3) is 0.667. The third-order valence-corrected chi connectivity index (χ3v) is 7.87. The normalized spacial score (nSPS) is 14.6. The number of hydrogen-bond donors (Lipinski definition) is 13. The van der Waals surface area contributed by atoms with Crippen molar-refractivity contribution in [3.63, 3.8) is 0 Å². The highest BCUT2D eigenvalue weighted by molar-refractivity contribution is 5.97. The van der Waals surface area contributed by atoms with Gasteiger partial charge in [-0.25, -0.2) is 4.79 Å². The molecule has 0 aliphatic rings. The number of amides is 9. The summed E-state index contributed by atoms with van der Waals surface area (Å²) in [5.74, 6) is -12.0. The molecule has 0 aliphatic heterocycles. The number of aliphatic hydroxyl groups excluding tert-OH is 1. The van der Waals surface area contributed by atoms with Crippen LogP contribution >= 0.6 is 0 Å². The number of carbonyl (C=O) groups is 11. The molecule has 0 aromatic heterocycles. The Labute approximate surface area is 327 Å². The summed E-state index contributed by atoms with van der Waals surface area (Å²) in [7, 11) is 0. The predicted octanol–water partition coefficient (Wildman–Crippen LogP) is -5.86. The fourth-order valence-corrected chi connectivity index (χ4v) is 4.87. The van der Waals surface area contributed by atoms with Gasteiger partial charge in [-0.2, -0.15) is 0 Å². The Morgan fingerprint density at radius 1 is 0.561 bits per heavy atom. The van der Waals surface area contributed by atoms with Crippen molar-refractivity contribution in [2.45, 2.75) is 115 Å². The van der Waals surface area contributed by atoms with Gasteiger partial charge in [0.05, 0.1) is 31.7 Å². The average molecular weight is 817 g/mol. The molecule has 0 aromatic carbocycles. The van der Waals surface area contributed by atoms with Gasteiger partial charge < -0.3 is 69.7 Å². The molecule has 0 bridgehead atoms. The third kappa shape index (κ3) is 21.1. The SMILES string of the molecule is CC(C)C[C@H](NC(=O)[C@H](CCC(N)=O)NC(=O)CNC(=O)[C@@H](NC(=O)[C@H](CCC(=O)O)NC(=O)CNC(=O)[C@@H](N)CC(N)=O)[C@@H](C)O)C(=O)N[C@H](C(=O)O)C(C)C. The van der Waals surface area contributed by atoms with Gasteiger partial charge in [0.1, 0.15) is 30.2 Å². The minimum Gasteiger partial charge on any atom is -0.481 e. The summed E-state index contributed by atoms with van der Waals surface area (Å²) in [5, 5.41) is 44.6. The maximum absolute atomic E-state index is 13.3. The van der Waals surface area contributed by atoms with E-state index in [0.717, 1.165) is 6.92 Å². The number of primary amides is 2. The monoisotopic (exact) mass is 816 g/mol.